The van der Waals surface area contributed by atoms with E-state index in [1.165, 1.54) is 0 Å². The molecule has 26 heavy (non-hydrogen) atoms. The molecule has 1 aliphatic carbocycles. The van der Waals surface area contributed by atoms with Crippen molar-refractivity contribution < 1.29 is 18.6 Å². The van der Waals surface area contributed by atoms with E-state index in [-0.39, 0.29) is 22.8 Å². The van der Waals surface area contributed by atoms with Gasteiger partial charge in [-0.3, -0.25) is 0 Å². The molecule has 6 heteroatoms. The summed E-state index contributed by atoms with van der Waals surface area (Å²) in [5, 5.41) is 0.197. The summed E-state index contributed by atoms with van der Waals surface area (Å²) in [6.45, 7) is 13.1. The third-order valence-electron chi connectivity index (χ3n) is 5.77. The fraction of sp³-hybridized carbons (Fsp3) is 0.700. The number of ether oxygens (including phenoxy) is 3. The minimum atomic E-state index is -1.83. The van der Waals surface area contributed by atoms with Crippen LogP contribution in [0.4, 0.5) is 0 Å². The summed E-state index contributed by atoms with van der Waals surface area (Å²) < 4.78 is 25.9. The van der Waals surface area contributed by atoms with Gasteiger partial charge in [0.25, 0.3) is 0 Å². The molecule has 146 valence electrons. The third kappa shape index (κ3) is 4.71. The average molecular weight is 443 g/mol. The van der Waals surface area contributed by atoms with Crippen LogP contribution in [0.3, 0.4) is 0 Å². The lowest BCUT2D eigenvalue weighted by molar-refractivity contribution is -0.183. The molecule has 2 atom stereocenters. The molecule has 1 heterocycles. The molecule has 0 bridgehead atoms. The van der Waals surface area contributed by atoms with E-state index in [4.69, 9.17) is 18.6 Å². The molecule has 0 aromatic heterocycles. The summed E-state index contributed by atoms with van der Waals surface area (Å²) >= 11 is 3.44. The van der Waals surface area contributed by atoms with Crippen molar-refractivity contribution in [2.75, 3.05) is 19.8 Å². The summed E-state index contributed by atoms with van der Waals surface area (Å²) in [5.41, 5.74) is -0.153. The van der Waals surface area contributed by atoms with E-state index in [1.54, 1.807) is 0 Å². The highest BCUT2D eigenvalue weighted by molar-refractivity contribution is 9.10. The van der Waals surface area contributed by atoms with E-state index in [9.17, 15) is 0 Å². The Bertz CT molecular complexity index is 607. The molecule has 0 radical (unpaired) electrons. The first kappa shape index (κ1) is 20.3. The molecule has 0 spiro atoms. The van der Waals surface area contributed by atoms with Crippen molar-refractivity contribution in [1.29, 1.82) is 0 Å². The van der Waals surface area contributed by atoms with Crippen molar-refractivity contribution in [3.8, 4) is 5.75 Å². The van der Waals surface area contributed by atoms with Gasteiger partial charge in [0, 0.05) is 4.47 Å². The lowest BCUT2D eigenvalue weighted by Crippen LogP contribution is -2.53. The van der Waals surface area contributed by atoms with E-state index in [0.717, 1.165) is 23.1 Å². The maximum atomic E-state index is 6.75. The van der Waals surface area contributed by atoms with Gasteiger partial charge in [-0.2, -0.15) is 0 Å². The smallest absolute Gasteiger partial charge is 0.192 e. The van der Waals surface area contributed by atoms with Crippen LogP contribution in [0.2, 0.25) is 18.1 Å². The Balaban J connectivity index is 1.57. The zero-order valence-electron chi connectivity index (χ0n) is 16.5. The van der Waals surface area contributed by atoms with Crippen molar-refractivity contribution >= 4 is 24.2 Å². The topological polar surface area (TPSA) is 36.9 Å². The first-order valence-corrected chi connectivity index (χ1v) is 13.1. The molecular weight excluding hydrogens is 412 g/mol. The molecule has 2 aliphatic rings. The first-order chi connectivity index (χ1) is 12.1. The van der Waals surface area contributed by atoms with Crippen molar-refractivity contribution in [2.45, 2.75) is 69.6 Å². The van der Waals surface area contributed by atoms with Gasteiger partial charge in [-0.05, 0) is 55.2 Å². The highest BCUT2D eigenvalue weighted by atomic mass is 79.9. The predicted molar refractivity (Wildman–Crippen MR) is 109 cm³/mol. The van der Waals surface area contributed by atoms with E-state index in [2.05, 4.69) is 49.8 Å². The second-order valence-corrected chi connectivity index (χ2v) is 14.6. The summed E-state index contributed by atoms with van der Waals surface area (Å²) in [7, 11) is -1.83. The van der Waals surface area contributed by atoms with Gasteiger partial charge < -0.3 is 18.6 Å². The normalized spacial score (nSPS) is 25.8. The molecule has 1 aromatic carbocycles. The van der Waals surface area contributed by atoms with Gasteiger partial charge in [0.1, 0.15) is 24.6 Å². The molecule has 1 saturated heterocycles. The molecule has 1 saturated carbocycles. The van der Waals surface area contributed by atoms with Crippen LogP contribution >= 0.6 is 15.9 Å². The van der Waals surface area contributed by atoms with Crippen LogP contribution in [0.1, 0.15) is 33.6 Å². The Morgan fingerprint density at radius 2 is 1.81 bits per heavy atom. The van der Waals surface area contributed by atoms with Crippen molar-refractivity contribution in [2.24, 2.45) is 0 Å². The number of benzene rings is 1. The zero-order chi connectivity index (χ0) is 19.0. The van der Waals surface area contributed by atoms with E-state index < -0.39 is 8.32 Å². The Morgan fingerprint density at radius 1 is 1.15 bits per heavy atom. The van der Waals surface area contributed by atoms with Crippen LogP contribution in [0.25, 0.3) is 0 Å². The zero-order valence-corrected chi connectivity index (χ0v) is 19.1. The van der Waals surface area contributed by atoms with Gasteiger partial charge in [-0.25, -0.2) is 0 Å². The largest absolute Gasteiger partial charge is 0.491 e. The maximum Gasteiger partial charge on any atom is 0.192 e. The number of hydrogen-bond donors (Lipinski definition) is 0. The van der Waals surface area contributed by atoms with Gasteiger partial charge in [-0.15, -0.1) is 0 Å². The average Bonchev–Trinajstić information content (AvgIpc) is 3.34. The fourth-order valence-electron chi connectivity index (χ4n) is 2.97. The van der Waals surface area contributed by atoms with Crippen molar-refractivity contribution in [3.05, 3.63) is 28.7 Å². The fourth-order valence-corrected chi connectivity index (χ4v) is 4.90. The summed E-state index contributed by atoms with van der Waals surface area (Å²) in [4.78, 5) is 0. The molecule has 1 aromatic rings. The number of rotatable bonds is 6. The maximum absolute atomic E-state index is 6.75. The Morgan fingerprint density at radius 3 is 2.38 bits per heavy atom. The summed E-state index contributed by atoms with van der Waals surface area (Å²) in [6, 6.07) is 7.85. The second kappa shape index (κ2) is 7.55. The van der Waals surface area contributed by atoms with Crippen LogP contribution in [0.15, 0.2) is 28.7 Å². The van der Waals surface area contributed by atoms with Gasteiger partial charge >= 0.3 is 0 Å². The van der Waals surface area contributed by atoms with E-state index >= 15 is 0 Å². The van der Waals surface area contributed by atoms with Gasteiger partial charge in [0.05, 0.1) is 18.8 Å². The quantitative estimate of drug-likeness (QED) is 0.569. The molecule has 3 rings (SSSR count). The van der Waals surface area contributed by atoms with Gasteiger partial charge in [0.2, 0.25) is 0 Å². The van der Waals surface area contributed by atoms with Crippen LogP contribution in [0.5, 0.6) is 5.75 Å². The first-order valence-electron chi connectivity index (χ1n) is 9.43. The Kier molecular flexibility index (Phi) is 5.90. The lowest BCUT2D eigenvalue weighted by Gasteiger charge is -2.43. The van der Waals surface area contributed by atoms with Crippen LogP contribution < -0.4 is 4.74 Å². The summed E-state index contributed by atoms with van der Waals surface area (Å²) in [5.74, 6) is 0.845. The molecule has 4 nitrogen and oxygen atoms in total. The molecule has 0 N–H and O–H groups in total. The van der Waals surface area contributed by atoms with Crippen molar-refractivity contribution in [3.63, 3.8) is 0 Å². The van der Waals surface area contributed by atoms with Crippen LogP contribution in [-0.2, 0) is 13.9 Å². The number of hydrogen-bond acceptors (Lipinski definition) is 4. The predicted octanol–water partition coefficient (Wildman–Crippen LogP) is 5.17. The monoisotopic (exact) mass is 442 g/mol. The third-order valence-corrected chi connectivity index (χ3v) is 10.8. The highest BCUT2D eigenvalue weighted by Crippen LogP contribution is 2.51. The SMILES string of the molecule is CC(C)(C)[Si](C)(C)OC1(C2COCC(COc3ccc(Br)cc3)O2)CC1. The molecule has 2 fully saturated rings. The summed E-state index contributed by atoms with van der Waals surface area (Å²) in [6.07, 6.45) is 2.07. The van der Waals surface area contributed by atoms with E-state index in [0.29, 0.717) is 19.8 Å². The minimum absolute atomic E-state index is 0.00360. The minimum Gasteiger partial charge on any atom is -0.491 e. The number of halogens is 1. The van der Waals surface area contributed by atoms with Gasteiger partial charge in [0.15, 0.2) is 8.32 Å². The highest BCUT2D eigenvalue weighted by Gasteiger charge is 2.57. The second-order valence-electron chi connectivity index (χ2n) is 8.98. The Hall–Kier alpha value is -0.403. The van der Waals surface area contributed by atoms with E-state index in [1.807, 2.05) is 24.3 Å². The van der Waals surface area contributed by atoms with Crippen molar-refractivity contribution in [1.82, 2.24) is 0 Å². The molecule has 0 amide bonds. The molecule has 1 aliphatic heterocycles. The molecular formula is C20H31BrO4Si. The molecule has 2 unspecified atom stereocenters. The standard InChI is InChI=1S/C20H31BrO4Si/c1-19(2,3)26(4,5)25-20(10-11-20)18-14-22-12-17(24-18)13-23-16-8-6-15(21)7-9-16/h6-9,17-18H,10-14H2,1-5H3. The van der Waals surface area contributed by atoms with Crippen LogP contribution in [-0.4, -0.2) is 45.9 Å². The van der Waals surface area contributed by atoms with Crippen LogP contribution in [0, 0.1) is 0 Å². The Labute approximate surface area is 166 Å². The van der Waals surface area contributed by atoms with Gasteiger partial charge in [-0.1, -0.05) is 36.7 Å². The lowest BCUT2D eigenvalue weighted by atomic mass is 10.1.